The molecule has 86 valence electrons. The molecule has 0 saturated carbocycles. The first-order valence-electron chi connectivity index (χ1n) is 5.70. The van der Waals surface area contributed by atoms with E-state index in [2.05, 4.69) is 32.1 Å². The van der Waals surface area contributed by atoms with Crippen LogP contribution in [0.2, 0.25) is 5.02 Å². The average molecular weight is 261 g/mol. The molecule has 17 heavy (non-hydrogen) atoms. The number of allylic oxidation sites excluding steroid dienone is 1. The molecule has 3 rings (SSSR count). The molecule has 1 aliphatic carbocycles. The smallest absolute Gasteiger partial charge is 0.0406 e. The fraction of sp³-hybridized carbons (Fsp3) is 0.200. The maximum Gasteiger partial charge on any atom is 0.0406 e. The maximum atomic E-state index is 5.95. The van der Waals surface area contributed by atoms with Gasteiger partial charge in [0, 0.05) is 14.8 Å². The predicted molar refractivity (Wildman–Crippen MR) is 76.9 cm³/mol. The Hall–Kier alpha value is -1.05. The molecule has 0 N–H and O–H groups in total. The lowest BCUT2D eigenvalue weighted by molar-refractivity contribution is 1.20. The van der Waals surface area contributed by atoms with Crippen molar-refractivity contribution in [2.75, 3.05) is 0 Å². The normalized spacial score (nSPS) is 13.7. The van der Waals surface area contributed by atoms with Gasteiger partial charge in [0.15, 0.2) is 0 Å². The summed E-state index contributed by atoms with van der Waals surface area (Å²) < 4.78 is 0. The van der Waals surface area contributed by atoms with Crippen molar-refractivity contribution in [1.82, 2.24) is 0 Å². The Balaban J connectivity index is 2.15. The van der Waals surface area contributed by atoms with E-state index in [0.29, 0.717) is 0 Å². The van der Waals surface area contributed by atoms with E-state index in [9.17, 15) is 0 Å². The van der Waals surface area contributed by atoms with Crippen LogP contribution in [0.5, 0.6) is 0 Å². The number of fused-ring (bicyclic) bond motifs is 1. The average Bonchev–Trinajstić information content (AvgIpc) is 2.75. The topological polar surface area (TPSA) is 0 Å². The van der Waals surface area contributed by atoms with E-state index in [1.54, 1.807) is 0 Å². The Morgan fingerprint density at radius 1 is 1.12 bits per heavy atom. The van der Waals surface area contributed by atoms with Crippen molar-refractivity contribution < 1.29 is 0 Å². The molecule has 0 nitrogen and oxygen atoms in total. The molecule has 1 aromatic carbocycles. The lowest BCUT2D eigenvalue weighted by Crippen LogP contribution is -1.86. The maximum absolute atomic E-state index is 5.95. The lowest BCUT2D eigenvalue weighted by atomic mass is 9.99. The molecule has 0 bridgehead atoms. The zero-order chi connectivity index (χ0) is 12.0. The third-order valence-electron chi connectivity index (χ3n) is 3.18. The quantitative estimate of drug-likeness (QED) is 0.650. The Kier molecular flexibility index (Phi) is 2.61. The van der Waals surface area contributed by atoms with Crippen molar-refractivity contribution in [3.8, 4) is 11.1 Å². The Morgan fingerprint density at radius 2 is 1.82 bits per heavy atom. The second kappa shape index (κ2) is 4.01. The largest absolute Gasteiger partial charge is 0.140 e. The Morgan fingerprint density at radius 3 is 2.53 bits per heavy atom. The van der Waals surface area contributed by atoms with Crippen molar-refractivity contribution in [2.45, 2.75) is 20.3 Å². The number of halogens is 1. The SMILES string of the molecule is CC1=Cc2sc(C)c(-c3ccc(Cl)cc3)c2C1. The van der Waals surface area contributed by atoms with Crippen molar-refractivity contribution in [1.29, 1.82) is 0 Å². The van der Waals surface area contributed by atoms with Crippen LogP contribution in [0.25, 0.3) is 17.2 Å². The molecule has 2 aromatic rings. The van der Waals surface area contributed by atoms with Crippen LogP contribution in [0.15, 0.2) is 29.8 Å². The fourth-order valence-electron chi connectivity index (χ4n) is 2.45. The van der Waals surface area contributed by atoms with Crippen LogP contribution in [0.3, 0.4) is 0 Å². The van der Waals surface area contributed by atoms with Gasteiger partial charge in [-0.3, -0.25) is 0 Å². The highest BCUT2D eigenvalue weighted by molar-refractivity contribution is 7.13. The zero-order valence-electron chi connectivity index (χ0n) is 9.88. The molecule has 0 spiro atoms. The third kappa shape index (κ3) is 1.84. The first-order chi connectivity index (χ1) is 8.15. The minimum absolute atomic E-state index is 0.799. The second-order valence-electron chi connectivity index (χ2n) is 4.55. The van der Waals surface area contributed by atoms with Gasteiger partial charge in [-0.25, -0.2) is 0 Å². The van der Waals surface area contributed by atoms with Gasteiger partial charge in [0.1, 0.15) is 0 Å². The number of rotatable bonds is 1. The summed E-state index contributed by atoms with van der Waals surface area (Å²) in [6.45, 7) is 4.41. The summed E-state index contributed by atoms with van der Waals surface area (Å²) in [7, 11) is 0. The number of aryl methyl sites for hydroxylation is 1. The first-order valence-corrected chi connectivity index (χ1v) is 6.90. The summed E-state index contributed by atoms with van der Waals surface area (Å²) in [5, 5.41) is 0.799. The van der Waals surface area contributed by atoms with E-state index in [0.717, 1.165) is 11.4 Å². The molecule has 0 amide bonds. The van der Waals surface area contributed by atoms with Gasteiger partial charge in [-0.2, -0.15) is 0 Å². The zero-order valence-corrected chi connectivity index (χ0v) is 11.5. The highest BCUT2D eigenvalue weighted by atomic mass is 35.5. The number of thiophene rings is 1. The van der Waals surface area contributed by atoms with Crippen molar-refractivity contribution >= 4 is 29.0 Å². The lowest BCUT2D eigenvalue weighted by Gasteiger charge is -2.05. The van der Waals surface area contributed by atoms with E-state index in [-0.39, 0.29) is 0 Å². The monoisotopic (exact) mass is 260 g/mol. The van der Waals surface area contributed by atoms with Crippen LogP contribution in [-0.2, 0) is 6.42 Å². The molecule has 1 aliphatic rings. The number of hydrogen-bond donors (Lipinski definition) is 0. The molecule has 0 saturated heterocycles. The van der Waals surface area contributed by atoms with E-state index in [1.807, 2.05) is 23.5 Å². The molecular weight excluding hydrogens is 248 g/mol. The summed E-state index contributed by atoms with van der Waals surface area (Å²) in [4.78, 5) is 2.84. The van der Waals surface area contributed by atoms with Gasteiger partial charge in [0.25, 0.3) is 0 Å². The van der Waals surface area contributed by atoms with Crippen LogP contribution < -0.4 is 0 Å². The molecular formula is C15H13ClS. The highest BCUT2D eigenvalue weighted by Gasteiger charge is 2.20. The molecule has 1 aromatic heterocycles. The van der Waals surface area contributed by atoms with Crippen LogP contribution in [0.4, 0.5) is 0 Å². The van der Waals surface area contributed by atoms with Crippen molar-refractivity contribution in [3.05, 3.63) is 50.2 Å². The summed E-state index contributed by atoms with van der Waals surface area (Å²) in [6, 6.07) is 8.17. The van der Waals surface area contributed by atoms with Crippen LogP contribution in [0.1, 0.15) is 22.2 Å². The molecule has 2 heteroatoms. The highest BCUT2D eigenvalue weighted by Crippen LogP contribution is 2.42. The summed E-state index contributed by atoms with van der Waals surface area (Å²) in [5.74, 6) is 0. The van der Waals surface area contributed by atoms with Crippen LogP contribution >= 0.6 is 22.9 Å². The Labute approximate surface area is 111 Å². The van der Waals surface area contributed by atoms with E-state index in [1.165, 1.54) is 32.0 Å². The minimum atomic E-state index is 0.799. The molecule has 0 unspecified atom stereocenters. The number of benzene rings is 1. The molecule has 0 radical (unpaired) electrons. The summed E-state index contributed by atoms with van der Waals surface area (Å²) in [5.41, 5.74) is 5.65. The van der Waals surface area contributed by atoms with Gasteiger partial charge < -0.3 is 0 Å². The standard InChI is InChI=1S/C15H13ClS/c1-9-7-13-14(8-9)17-10(2)15(13)11-3-5-12(16)6-4-11/h3-6,8H,7H2,1-2H3. The molecule has 0 fully saturated rings. The van der Waals surface area contributed by atoms with Crippen LogP contribution in [-0.4, -0.2) is 0 Å². The van der Waals surface area contributed by atoms with Gasteiger partial charge in [0.2, 0.25) is 0 Å². The van der Waals surface area contributed by atoms with E-state index in [4.69, 9.17) is 11.6 Å². The fourth-order valence-corrected chi connectivity index (χ4v) is 3.81. The van der Waals surface area contributed by atoms with Gasteiger partial charge in [-0.05, 0) is 55.2 Å². The van der Waals surface area contributed by atoms with E-state index >= 15 is 0 Å². The second-order valence-corrected chi connectivity index (χ2v) is 6.24. The summed E-state index contributed by atoms with van der Waals surface area (Å²) in [6.07, 6.45) is 3.41. The molecule has 0 atom stereocenters. The van der Waals surface area contributed by atoms with Gasteiger partial charge >= 0.3 is 0 Å². The molecule has 0 aliphatic heterocycles. The summed E-state index contributed by atoms with van der Waals surface area (Å²) >= 11 is 7.84. The van der Waals surface area contributed by atoms with Gasteiger partial charge in [0.05, 0.1) is 0 Å². The first kappa shape index (κ1) is 11.1. The van der Waals surface area contributed by atoms with Gasteiger partial charge in [-0.15, -0.1) is 11.3 Å². The third-order valence-corrected chi connectivity index (χ3v) is 4.53. The number of hydrogen-bond acceptors (Lipinski definition) is 1. The van der Waals surface area contributed by atoms with Gasteiger partial charge in [-0.1, -0.05) is 29.3 Å². The van der Waals surface area contributed by atoms with Crippen molar-refractivity contribution in [3.63, 3.8) is 0 Å². The van der Waals surface area contributed by atoms with E-state index < -0.39 is 0 Å². The minimum Gasteiger partial charge on any atom is -0.140 e. The Bertz CT molecular complexity index is 603. The predicted octanol–water partition coefficient (Wildman–Crippen LogP) is 5.34. The molecule has 1 heterocycles. The van der Waals surface area contributed by atoms with Crippen LogP contribution in [0, 0.1) is 6.92 Å². The van der Waals surface area contributed by atoms with Crippen molar-refractivity contribution in [2.24, 2.45) is 0 Å².